The first-order valence-electron chi connectivity index (χ1n) is 6.50. The van der Waals surface area contributed by atoms with Gasteiger partial charge in [-0.1, -0.05) is 29.8 Å². The second-order valence-corrected chi connectivity index (χ2v) is 8.41. The molecule has 9 heteroatoms. The molecule has 6 nitrogen and oxygen atoms in total. The molecule has 0 atom stereocenters. The molecule has 3 aromatic rings. The number of thiophene rings is 1. The number of carbonyl (C=O) groups is 1. The first-order valence-corrected chi connectivity index (χ1v) is 9.18. The Morgan fingerprint density at radius 1 is 1.22 bits per heavy atom. The lowest BCUT2D eigenvalue weighted by atomic mass is 10.2. The van der Waals surface area contributed by atoms with Gasteiger partial charge in [0.25, 0.3) is 15.9 Å². The Bertz CT molecular complexity index is 992. The molecule has 0 aliphatic rings. The van der Waals surface area contributed by atoms with Gasteiger partial charge in [-0.25, -0.2) is 8.42 Å². The number of nitrogens with zero attached hydrogens (tertiary/aromatic N) is 1. The van der Waals surface area contributed by atoms with E-state index in [2.05, 4.69) is 10.3 Å². The largest absolute Gasteiger partial charge is 0.350 e. The summed E-state index contributed by atoms with van der Waals surface area (Å²) in [4.78, 5) is 14.4. The molecule has 2 aromatic heterocycles. The zero-order valence-corrected chi connectivity index (χ0v) is 14.3. The number of fused-ring (bicyclic) bond motifs is 1. The third-order valence-corrected chi connectivity index (χ3v) is 6.22. The van der Waals surface area contributed by atoms with Crippen LogP contribution in [-0.2, 0) is 17.1 Å². The van der Waals surface area contributed by atoms with Gasteiger partial charge in [-0.15, -0.1) is 16.2 Å². The number of rotatable bonds is 4. The third-order valence-electron chi connectivity index (χ3n) is 3.25. The topological polar surface area (TPSA) is 80.2 Å². The minimum atomic E-state index is -3.84. The fourth-order valence-electron chi connectivity index (χ4n) is 2.20. The molecule has 0 unspecified atom stereocenters. The molecule has 2 heterocycles. The zero-order valence-electron chi connectivity index (χ0n) is 11.9. The van der Waals surface area contributed by atoms with Crippen LogP contribution in [0.25, 0.3) is 10.9 Å². The maximum absolute atomic E-state index is 12.3. The van der Waals surface area contributed by atoms with Gasteiger partial charge < -0.3 is 4.57 Å². The van der Waals surface area contributed by atoms with Crippen LogP contribution in [0.4, 0.5) is 0 Å². The highest BCUT2D eigenvalue weighted by Crippen LogP contribution is 2.25. The molecule has 0 radical (unpaired) electrons. The van der Waals surface area contributed by atoms with Crippen molar-refractivity contribution in [1.29, 1.82) is 0 Å². The number of amides is 1. The Hall–Kier alpha value is -1.87. The number of hydrazine groups is 1. The molecule has 0 saturated carbocycles. The highest BCUT2D eigenvalue weighted by molar-refractivity contribution is 7.91. The number of aryl methyl sites for hydroxylation is 1. The van der Waals surface area contributed by atoms with Crippen molar-refractivity contribution in [3.05, 3.63) is 52.5 Å². The van der Waals surface area contributed by atoms with Crippen molar-refractivity contribution in [3.63, 3.8) is 0 Å². The summed E-state index contributed by atoms with van der Waals surface area (Å²) in [7, 11) is -2.03. The van der Waals surface area contributed by atoms with Gasteiger partial charge in [-0.2, -0.15) is 0 Å². The van der Waals surface area contributed by atoms with Crippen molar-refractivity contribution in [1.82, 2.24) is 14.8 Å². The first kappa shape index (κ1) is 16.0. The van der Waals surface area contributed by atoms with Crippen molar-refractivity contribution in [2.45, 2.75) is 4.21 Å². The maximum atomic E-state index is 12.3. The van der Waals surface area contributed by atoms with Crippen LogP contribution in [0.15, 0.2) is 46.8 Å². The summed E-state index contributed by atoms with van der Waals surface area (Å²) in [6, 6.07) is 10.2. The summed E-state index contributed by atoms with van der Waals surface area (Å²) in [6.07, 6.45) is 1.65. The Kier molecular flexibility index (Phi) is 4.15. The van der Waals surface area contributed by atoms with E-state index in [4.69, 9.17) is 11.6 Å². The number of carbonyl (C=O) groups excluding carboxylic acids is 1. The fourth-order valence-corrected chi connectivity index (χ4v) is 4.52. The minimum Gasteiger partial charge on any atom is -0.350 e. The summed E-state index contributed by atoms with van der Waals surface area (Å²) >= 11 is 6.64. The number of halogens is 1. The normalized spacial score (nSPS) is 11.7. The van der Waals surface area contributed by atoms with Gasteiger partial charge in [0.15, 0.2) is 0 Å². The number of sulfonamides is 1. The first-order chi connectivity index (χ1) is 10.9. The van der Waals surface area contributed by atoms with Crippen molar-refractivity contribution in [3.8, 4) is 0 Å². The lowest BCUT2D eigenvalue weighted by Gasteiger charge is -2.06. The summed E-state index contributed by atoms with van der Waals surface area (Å²) < 4.78 is 26.3. The molecular formula is C14H12ClN3O3S2. The summed E-state index contributed by atoms with van der Waals surface area (Å²) in [5.41, 5.74) is 3.49. The van der Waals surface area contributed by atoms with Crippen molar-refractivity contribution in [2.24, 2.45) is 7.05 Å². The molecule has 0 aliphatic carbocycles. The Morgan fingerprint density at radius 3 is 2.65 bits per heavy atom. The highest BCUT2D eigenvalue weighted by atomic mass is 35.5. The van der Waals surface area contributed by atoms with Gasteiger partial charge in [-0.3, -0.25) is 10.2 Å². The maximum Gasteiger partial charge on any atom is 0.268 e. The van der Waals surface area contributed by atoms with Gasteiger partial charge >= 0.3 is 0 Å². The Labute approximate surface area is 141 Å². The van der Waals surface area contributed by atoms with Gasteiger partial charge in [0.2, 0.25) is 0 Å². The van der Waals surface area contributed by atoms with Crippen LogP contribution in [0.2, 0.25) is 4.34 Å². The quantitative estimate of drug-likeness (QED) is 0.693. The van der Waals surface area contributed by atoms with E-state index in [9.17, 15) is 13.2 Å². The molecule has 0 bridgehead atoms. The molecule has 0 saturated heterocycles. The van der Waals surface area contributed by atoms with Gasteiger partial charge in [0.05, 0.1) is 9.90 Å². The van der Waals surface area contributed by atoms with Crippen molar-refractivity contribution >= 4 is 49.8 Å². The fraction of sp³-hybridized carbons (Fsp3) is 0.0714. The van der Waals surface area contributed by atoms with Crippen LogP contribution in [0.1, 0.15) is 10.4 Å². The number of para-hydroxylation sites is 1. The Morgan fingerprint density at radius 2 is 1.96 bits per heavy atom. The third kappa shape index (κ3) is 3.11. The predicted octanol–water partition coefficient (Wildman–Crippen LogP) is 2.52. The van der Waals surface area contributed by atoms with Gasteiger partial charge in [0.1, 0.15) is 4.21 Å². The number of hydrogen-bond acceptors (Lipinski definition) is 4. The van der Waals surface area contributed by atoms with Gasteiger partial charge in [0, 0.05) is 24.1 Å². The van der Waals surface area contributed by atoms with E-state index in [-0.39, 0.29) is 4.21 Å². The van der Waals surface area contributed by atoms with Crippen molar-refractivity contribution in [2.75, 3.05) is 0 Å². The van der Waals surface area contributed by atoms with E-state index >= 15 is 0 Å². The predicted molar refractivity (Wildman–Crippen MR) is 90.0 cm³/mol. The lowest BCUT2D eigenvalue weighted by molar-refractivity contribution is 0.0946. The van der Waals surface area contributed by atoms with Crippen LogP contribution in [-0.4, -0.2) is 18.9 Å². The monoisotopic (exact) mass is 369 g/mol. The lowest BCUT2D eigenvalue weighted by Crippen LogP contribution is -2.41. The zero-order chi connectivity index (χ0) is 16.6. The molecule has 0 aliphatic heterocycles. The highest BCUT2D eigenvalue weighted by Gasteiger charge is 2.19. The van der Waals surface area contributed by atoms with E-state index in [1.807, 2.05) is 25.2 Å². The van der Waals surface area contributed by atoms with E-state index < -0.39 is 15.9 Å². The molecule has 3 rings (SSSR count). The summed E-state index contributed by atoms with van der Waals surface area (Å²) in [5, 5.41) is 0.742. The van der Waals surface area contributed by atoms with Crippen LogP contribution in [0.5, 0.6) is 0 Å². The molecule has 1 aromatic carbocycles. The number of nitrogens with one attached hydrogen (secondary N) is 2. The average Bonchev–Trinajstić information content (AvgIpc) is 3.10. The molecule has 0 spiro atoms. The minimum absolute atomic E-state index is 0.0284. The summed E-state index contributed by atoms with van der Waals surface area (Å²) in [5.74, 6) is -0.534. The molecule has 2 N–H and O–H groups in total. The number of benzene rings is 1. The smallest absolute Gasteiger partial charge is 0.268 e. The molecule has 23 heavy (non-hydrogen) atoms. The molecule has 0 fully saturated rings. The molecule has 120 valence electrons. The van der Waals surface area contributed by atoms with Crippen LogP contribution in [0, 0.1) is 0 Å². The van der Waals surface area contributed by atoms with E-state index in [1.165, 1.54) is 12.1 Å². The Balaban J connectivity index is 1.82. The second-order valence-electron chi connectivity index (χ2n) is 4.79. The molecule has 1 amide bonds. The van der Waals surface area contributed by atoms with Gasteiger partial charge in [-0.05, 0) is 18.2 Å². The SMILES string of the molecule is Cn1cc(C(=O)NNS(=O)(=O)c2ccc(Cl)s2)c2ccccc21. The van der Waals surface area contributed by atoms with E-state index in [0.717, 1.165) is 22.2 Å². The van der Waals surface area contributed by atoms with E-state index in [1.54, 1.807) is 16.8 Å². The standard InChI is InChI=1S/C14H12ClN3O3S2/c1-18-8-10(9-4-2-3-5-11(9)18)14(19)16-17-23(20,21)13-7-6-12(15)22-13/h2-8,17H,1H3,(H,16,19). The van der Waals surface area contributed by atoms with E-state index in [0.29, 0.717) is 9.90 Å². The molecular weight excluding hydrogens is 358 g/mol. The number of aromatic nitrogens is 1. The van der Waals surface area contributed by atoms with Crippen LogP contribution in [0.3, 0.4) is 0 Å². The number of hydrogen-bond donors (Lipinski definition) is 2. The average molecular weight is 370 g/mol. The van der Waals surface area contributed by atoms with Crippen LogP contribution < -0.4 is 10.3 Å². The second kappa shape index (κ2) is 5.97. The summed E-state index contributed by atoms with van der Waals surface area (Å²) in [6.45, 7) is 0. The van der Waals surface area contributed by atoms with Crippen molar-refractivity contribution < 1.29 is 13.2 Å². The van der Waals surface area contributed by atoms with Crippen LogP contribution >= 0.6 is 22.9 Å².